The first kappa shape index (κ1) is 12.2. The van der Waals surface area contributed by atoms with Crippen LogP contribution in [0, 0.1) is 11.6 Å². The number of nitrogens with zero attached hydrogens (tertiary/aromatic N) is 2. The van der Waals surface area contributed by atoms with E-state index in [1.54, 1.807) is 25.2 Å². The molecule has 0 saturated heterocycles. The molecule has 0 amide bonds. The third-order valence-electron chi connectivity index (χ3n) is 2.26. The lowest BCUT2D eigenvalue weighted by molar-refractivity contribution is 0.271. The maximum absolute atomic E-state index is 13.3. The van der Waals surface area contributed by atoms with Crippen LogP contribution >= 0.6 is 0 Å². The summed E-state index contributed by atoms with van der Waals surface area (Å²) in [5.74, 6) is -1.07. The molecule has 18 heavy (non-hydrogen) atoms. The summed E-state index contributed by atoms with van der Waals surface area (Å²) in [7, 11) is 1.61. The molecule has 0 atom stereocenters. The minimum absolute atomic E-state index is 0.0935. The molecule has 0 spiro atoms. The number of halogens is 2. The Labute approximate surface area is 103 Å². The molecule has 0 saturated carbocycles. The molecule has 4 nitrogen and oxygen atoms in total. The highest BCUT2D eigenvalue weighted by Crippen LogP contribution is 2.16. The molecule has 2 rings (SSSR count). The molecule has 0 radical (unpaired) electrons. The van der Waals surface area contributed by atoms with Crippen LogP contribution in [0.4, 0.5) is 14.7 Å². The quantitative estimate of drug-likeness (QED) is 0.906. The Bertz CT molecular complexity index is 549. The highest BCUT2D eigenvalue weighted by molar-refractivity contribution is 5.27. The van der Waals surface area contributed by atoms with Crippen LogP contribution in [-0.4, -0.2) is 17.0 Å². The zero-order valence-corrected chi connectivity index (χ0v) is 9.65. The lowest BCUT2D eigenvalue weighted by atomic mass is 10.2. The first-order valence-corrected chi connectivity index (χ1v) is 5.27. The second kappa shape index (κ2) is 5.39. The van der Waals surface area contributed by atoms with Gasteiger partial charge in [0.25, 0.3) is 5.88 Å². The van der Waals surface area contributed by atoms with Crippen LogP contribution in [0.3, 0.4) is 0 Å². The van der Waals surface area contributed by atoms with Crippen molar-refractivity contribution in [1.29, 1.82) is 0 Å². The number of anilines is 1. The van der Waals surface area contributed by atoms with Crippen LogP contribution < -0.4 is 10.1 Å². The predicted octanol–water partition coefficient (Wildman–Crippen LogP) is 2.38. The Morgan fingerprint density at radius 1 is 1.22 bits per heavy atom. The highest BCUT2D eigenvalue weighted by atomic mass is 19.1. The number of nitrogens with one attached hydrogen (secondary N) is 1. The molecule has 1 heterocycles. The standard InChI is InChI=1S/C12H11F2N3O/c1-15-12-16-6-10(14)11(17-12)18-7-8-4-2-3-5-9(8)13/h2-6H,7H2,1H3,(H,15,16,17). The zero-order chi connectivity index (χ0) is 13.0. The van der Waals surface area contributed by atoms with E-state index in [0.29, 0.717) is 5.56 Å². The Morgan fingerprint density at radius 3 is 2.72 bits per heavy atom. The van der Waals surface area contributed by atoms with Gasteiger partial charge >= 0.3 is 0 Å². The van der Waals surface area contributed by atoms with E-state index in [1.807, 2.05) is 0 Å². The molecule has 94 valence electrons. The van der Waals surface area contributed by atoms with Crippen LogP contribution in [0.2, 0.25) is 0 Å². The van der Waals surface area contributed by atoms with Gasteiger partial charge in [0.2, 0.25) is 11.8 Å². The van der Waals surface area contributed by atoms with Gasteiger partial charge in [-0.05, 0) is 6.07 Å². The number of ether oxygens (including phenoxy) is 1. The van der Waals surface area contributed by atoms with E-state index < -0.39 is 11.6 Å². The molecule has 0 bridgehead atoms. The van der Waals surface area contributed by atoms with E-state index in [2.05, 4.69) is 15.3 Å². The Balaban J connectivity index is 2.13. The molecule has 0 fully saturated rings. The average Bonchev–Trinajstić information content (AvgIpc) is 2.39. The number of rotatable bonds is 4. The van der Waals surface area contributed by atoms with Crippen LogP contribution in [0.25, 0.3) is 0 Å². The summed E-state index contributed by atoms with van der Waals surface area (Å²) in [5, 5.41) is 2.66. The van der Waals surface area contributed by atoms with E-state index >= 15 is 0 Å². The van der Waals surface area contributed by atoms with Crippen molar-refractivity contribution in [1.82, 2.24) is 9.97 Å². The second-order valence-corrected chi connectivity index (χ2v) is 3.48. The van der Waals surface area contributed by atoms with Crippen LogP contribution in [0.5, 0.6) is 5.88 Å². The molecular formula is C12H11F2N3O. The summed E-state index contributed by atoms with van der Waals surface area (Å²) in [6.45, 7) is -0.0935. The van der Waals surface area contributed by atoms with Gasteiger partial charge in [0, 0.05) is 12.6 Å². The van der Waals surface area contributed by atoms with Gasteiger partial charge in [-0.15, -0.1) is 0 Å². The van der Waals surface area contributed by atoms with Gasteiger partial charge in [-0.3, -0.25) is 0 Å². The molecular weight excluding hydrogens is 240 g/mol. The third-order valence-corrected chi connectivity index (χ3v) is 2.26. The van der Waals surface area contributed by atoms with Gasteiger partial charge in [-0.2, -0.15) is 9.37 Å². The second-order valence-electron chi connectivity index (χ2n) is 3.48. The largest absolute Gasteiger partial charge is 0.470 e. The third kappa shape index (κ3) is 2.71. The molecule has 1 aromatic heterocycles. The van der Waals surface area contributed by atoms with Crippen molar-refractivity contribution in [3.05, 3.63) is 47.7 Å². The van der Waals surface area contributed by atoms with Gasteiger partial charge < -0.3 is 10.1 Å². The van der Waals surface area contributed by atoms with Gasteiger partial charge in [-0.1, -0.05) is 18.2 Å². The number of aromatic nitrogens is 2. The summed E-state index contributed by atoms with van der Waals surface area (Å²) < 4.78 is 31.8. The maximum Gasteiger partial charge on any atom is 0.255 e. The topological polar surface area (TPSA) is 47.0 Å². The van der Waals surface area contributed by atoms with E-state index in [0.717, 1.165) is 6.20 Å². The van der Waals surface area contributed by atoms with Crippen molar-refractivity contribution < 1.29 is 13.5 Å². The predicted molar refractivity (Wildman–Crippen MR) is 62.3 cm³/mol. The summed E-state index contributed by atoms with van der Waals surface area (Å²) in [6.07, 6.45) is 0.996. The molecule has 0 aliphatic heterocycles. The minimum Gasteiger partial charge on any atom is -0.470 e. The van der Waals surface area contributed by atoms with Crippen molar-refractivity contribution in [2.45, 2.75) is 6.61 Å². The van der Waals surface area contributed by atoms with E-state index in [1.165, 1.54) is 6.07 Å². The first-order valence-electron chi connectivity index (χ1n) is 5.27. The summed E-state index contributed by atoms with van der Waals surface area (Å²) in [5.41, 5.74) is 0.335. The molecule has 1 aromatic carbocycles. The summed E-state index contributed by atoms with van der Waals surface area (Å²) in [4.78, 5) is 7.47. The van der Waals surface area contributed by atoms with Crippen molar-refractivity contribution in [2.24, 2.45) is 0 Å². The van der Waals surface area contributed by atoms with Crippen molar-refractivity contribution in [3.8, 4) is 5.88 Å². The summed E-state index contributed by atoms with van der Waals surface area (Å²) >= 11 is 0. The Morgan fingerprint density at radius 2 is 2.00 bits per heavy atom. The number of hydrogen-bond acceptors (Lipinski definition) is 4. The Kier molecular flexibility index (Phi) is 3.66. The minimum atomic E-state index is -0.690. The van der Waals surface area contributed by atoms with E-state index in [-0.39, 0.29) is 18.4 Å². The lowest BCUT2D eigenvalue weighted by Crippen LogP contribution is -2.04. The average molecular weight is 251 g/mol. The van der Waals surface area contributed by atoms with Crippen molar-refractivity contribution in [3.63, 3.8) is 0 Å². The molecule has 2 aromatic rings. The normalized spacial score (nSPS) is 10.2. The number of hydrogen-bond donors (Lipinski definition) is 1. The molecule has 6 heteroatoms. The zero-order valence-electron chi connectivity index (χ0n) is 9.65. The van der Waals surface area contributed by atoms with Gasteiger partial charge in [-0.25, -0.2) is 9.37 Å². The monoisotopic (exact) mass is 251 g/mol. The lowest BCUT2D eigenvalue weighted by Gasteiger charge is -2.07. The van der Waals surface area contributed by atoms with E-state index in [4.69, 9.17) is 4.74 Å². The van der Waals surface area contributed by atoms with Crippen molar-refractivity contribution >= 4 is 5.95 Å². The number of benzene rings is 1. The molecule has 0 aliphatic carbocycles. The molecule has 0 unspecified atom stereocenters. The Hall–Kier alpha value is -2.24. The van der Waals surface area contributed by atoms with Crippen LogP contribution in [0.15, 0.2) is 30.5 Å². The fourth-order valence-electron chi connectivity index (χ4n) is 1.33. The van der Waals surface area contributed by atoms with Crippen molar-refractivity contribution in [2.75, 3.05) is 12.4 Å². The van der Waals surface area contributed by atoms with Crippen LogP contribution in [-0.2, 0) is 6.61 Å². The SMILES string of the molecule is CNc1ncc(F)c(OCc2ccccc2F)n1. The van der Waals surface area contributed by atoms with E-state index in [9.17, 15) is 8.78 Å². The van der Waals surface area contributed by atoms with Crippen LogP contribution in [0.1, 0.15) is 5.56 Å². The molecule has 0 aliphatic rings. The summed E-state index contributed by atoms with van der Waals surface area (Å²) in [6, 6.07) is 6.13. The van der Waals surface area contributed by atoms with Gasteiger partial charge in [0.1, 0.15) is 12.4 Å². The fraction of sp³-hybridized carbons (Fsp3) is 0.167. The van der Waals surface area contributed by atoms with Gasteiger partial charge in [0.15, 0.2) is 0 Å². The smallest absolute Gasteiger partial charge is 0.255 e. The maximum atomic E-state index is 13.3. The highest BCUT2D eigenvalue weighted by Gasteiger charge is 2.09. The first-order chi connectivity index (χ1) is 8.70. The molecule has 1 N–H and O–H groups in total. The fourth-order valence-corrected chi connectivity index (χ4v) is 1.33. The van der Waals surface area contributed by atoms with Gasteiger partial charge in [0.05, 0.1) is 6.20 Å².